The first-order valence-corrected chi connectivity index (χ1v) is 6.11. The van der Waals surface area contributed by atoms with E-state index in [1.165, 1.54) is 12.1 Å². The van der Waals surface area contributed by atoms with E-state index in [9.17, 15) is 9.18 Å². The Bertz CT molecular complexity index is 522. The third kappa shape index (κ3) is 3.82. The van der Waals surface area contributed by atoms with Crippen LogP contribution in [0.25, 0.3) is 0 Å². The number of benzene rings is 1. The zero-order chi connectivity index (χ0) is 13.8. The molecule has 0 bridgehead atoms. The highest BCUT2D eigenvalue weighted by Crippen LogP contribution is 2.18. The highest BCUT2D eigenvalue weighted by Gasteiger charge is 2.18. The minimum atomic E-state index is -0.584. The fourth-order valence-electron chi connectivity index (χ4n) is 1.64. The first-order valence-electron chi connectivity index (χ1n) is 5.74. The molecule has 0 radical (unpaired) electrons. The number of nitrogens with one attached hydrogen (secondary N) is 2. The number of amides is 2. The van der Waals surface area contributed by atoms with Gasteiger partial charge in [0.25, 0.3) is 0 Å². The fourth-order valence-corrected chi connectivity index (χ4v) is 1.80. The van der Waals surface area contributed by atoms with E-state index in [0.717, 1.165) is 11.8 Å². The molecule has 0 saturated heterocycles. The van der Waals surface area contributed by atoms with E-state index in [1.54, 1.807) is 0 Å². The molecular formula is C12H13ClFN3O2. The molecule has 2 amide bonds. The number of carbonyl (C=O) groups excluding carboxylic acids is 1. The van der Waals surface area contributed by atoms with Crippen molar-refractivity contribution in [3.8, 4) is 0 Å². The maximum atomic E-state index is 13.4. The number of oxime groups is 1. The van der Waals surface area contributed by atoms with Crippen molar-refractivity contribution in [3.63, 3.8) is 0 Å². The van der Waals surface area contributed by atoms with Crippen molar-refractivity contribution in [1.29, 1.82) is 0 Å². The molecule has 2 rings (SSSR count). The fraction of sp³-hybridized carbons (Fsp3) is 0.333. The molecule has 0 unspecified atom stereocenters. The first-order chi connectivity index (χ1) is 9.04. The van der Waals surface area contributed by atoms with Crippen molar-refractivity contribution < 1.29 is 14.0 Å². The summed E-state index contributed by atoms with van der Waals surface area (Å²) in [5, 5.41) is 9.03. The molecule has 102 valence electrons. The van der Waals surface area contributed by atoms with Crippen LogP contribution in [0.2, 0.25) is 5.02 Å². The molecule has 0 aromatic heterocycles. The summed E-state index contributed by atoms with van der Waals surface area (Å²) in [6, 6.07) is 3.53. The Morgan fingerprint density at radius 2 is 2.42 bits per heavy atom. The smallest absolute Gasteiger partial charge is 0.319 e. The molecular weight excluding hydrogens is 273 g/mol. The Kier molecular flexibility index (Phi) is 4.21. The van der Waals surface area contributed by atoms with Gasteiger partial charge in [-0.1, -0.05) is 16.8 Å². The molecule has 1 atom stereocenters. The van der Waals surface area contributed by atoms with Crippen LogP contribution in [0.15, 0.2) is 23.4 Å². The second-order valence-corrected chi connectivity index (χ2v) is 4.65. The third-order valence-corrected chi connectivity index (χ3v) is 2.79. The molecule has 0 saturated carbocycles. The molecule has 0 fully saturated rings. The van der Waals surface area contributed by atoms with Gasteiger partial charge in [0.1, 0.15) is 11.9 Å². The molecule has 7 heteroatoms. The molecule has 2 N–H and O–H groups in total. The highest BCUT2D eigenvalue weighted by atomic mass is 35.5. The van der Waals surface area contributed by atoms with Gasteiger partial charge in [-0.25, -0.2) is 9.18 Å². The quantitative estimate of drug-likeness (QED) is 0.897. The van der Waals surface area contributed by atoms with E-state index in [1.807, 2.05) is 6.92 Å². The normalized spacial score (nSPS) is 17.6. The average Bonchev–Trinajstić information content (AvgIpc) is 2.76. The number of hydrogen-bond donors (Lipinski definition) is 2. The molecule has 1 aliphatic rings. The molecule has 1 aromatic rings. The first kappa shape index (κ1) is 13.6. The lowest BCUT2D eigenvalue weighted by Gasteiger charge is -2.11. The van der Waals surface area contributed by atoms with Crippen LogP contribution in [0.1, 0.15) is 13.3 Å². The van der Waals surface area contributed by atoms with Crippen molar-refractivity contribution in [1.82, 2.24) is 5.32 Å². The van der Waals surface area contributed by atoms with Crippen molar-refractivity contribution in [2.75, 3.05) is 11.9 Å². The Morgan fingerprint density at radius 3 is 3.05 bits per heavy atom. The predicted molar refractivity (Wildman–Crippen MR) is 71.0 cm³/mol. The summed E-state index contributed by atoms with van der Waals surface area (Å²) in [6.45, 7) is 2.16. The Hall–Kier alpha value is -1.82. The Labute approximate surface area is 114 Å². The summed E-state index contributed by atoms with van der Waals surface area (Å²) in [5.74, 6) is -0.584. The lowest BCUT2D eigenvalue weighted by Crippen LogP contribution is -2.35. The Balaban J connectivity index is 1.81. The van der Waals surface area contributed by atoms with Crippen LogP contribution in [-0.4, -0.2) is 24.4 Å². The summed E-state index contributed by atoms with van der Waals surface area (Å²) in [7, 11) is 0. The molecule has 1 heterocycles. The van der Waals surface area contributed by atoms with Gasteiger partial charge in [-0.2, -0.15) is 0 Å². The highest BCUT2D eigenvalue weighted by molar-refractivity contribution is 6.30. The summed E-state index contributed by atoms with van der Waals surface area (Å²) in [6.07, 6.45) is 0.510. The van der Waals surface area contributed by atoms with Crippen molar-refractivity contribution in [3.05, 3.63) is 29.0 Å². The van der Waals surface area contributed by atoms with Crippen molar-refractivity contribution in [2.24, 2.45) is 5.16 Å². The second-order valence-electron chi connectivity index (χ2n) is 4.22. The zero-order valence-electron chi connectivity index (χ0n) is 10.2. The van der Waals surface area contributed by atoms with Crippen LogP contribution >= 0.6 is 11.6 Å². The predicted octanol–water partition coefficient (Wildman–Crippen LogP) is 2.77. The minimum Gasteiger partial charge on any atom is -0.390 e. The maximum absolute atomic E-state index is 13.4. The molecule has 19 heavy (non-hydrogen) atoms. The van der Waals surface area contributed by atoms with Crippen molar-refractivity contribution >= 4 is 29.0 Å². The number of rotatable bonds is 3. The van der Waals surface area contributed by atoms with E-state index in [-0.39, 0.29) is 16.8 Å². The van der Waals surface area contributed by atoms with E-state index in [2.05, 4.69) is 15.8 Å². The van der Waals surface area contributed by atoms with Crippen LogP contribution in [0.5, 0.6) is 0 Å². The monoisotopic (exact) mass is 285 g/mol. The number of urea groups is 1. The largest absolute Gasteiger partial charge is 0.390 e. The van der Waals surface area contributed by atoms with Gasteiger partial charge in [0, 0.05) is 11.4 Å². The maximum Gasteiger partial charge on any atom is 0.319 e. The van der Waals surface area contributed by atoms with Crippen LogP contribution in [0, 0.1) is 5.82 Å². The Morgan fingerprint density at radius 1 is 1.63 bits per heavy atom. The van der Waals surface area contributed by atoms with E-state index >= 15 is 0 Å². The van der Waals surface area contributed by atoms with Crippen LogP contribution in [0.3, 0.4) is 0 Å². The van der Waals surface area contributed by atoms with Crippen LogP contribution in [0.4, 0.5) is 14.9 Å². The van der Waals surface area contributed by atoms with Crippen LogP contribution in [-0.2, 0) is 4.84 Å². The van der Waals surface area contributed by atoms with Gasteiger partial charge in [-0.05, 0) is 25.1 Å². The van der Waals surface area contributed by atoms with Crippen molar-refractivity contribution in [2.45, 2.75) is 19.4 Å². The summed E-state index contributed by atoms with van der Waals surface area (Å²) in [5.41, 5.74) is 0.956. The molecule has 0 aliphatic carbocycles. The number of hydrogen-bond acceptors (Lipinski definition) is 3. The molecule has 5 nitrogen and oxygen atoms in total. The molecule has 0 spiro atoms. The van der Waals surface area contributed by atoms with Gasteiger partial charge in [-0.3, -0.25) is 0 Å². The standard InChI is InChI=1S/C12H13ClFN3O2/c1-7-4-9(19-17-7)6-15-12(18)16-11-3-2-8(13)5-10(11)14/h2-3,5,9H,4,6H2,1H3,(H2,15,16,18)/t9-/m0/s1. The van der Waals surface area contributed by atoms with Gasteiger partial charge < -0.3 is 15.5 Å². The van der Waals surface area contributed by atoms with E-state index in [0.29, 0.717) is 13.0 Å². The summed E-state index contributed by atoms with van der Waals surface area (Å²) < 4.78 is 13.4. The van der Waals surface area contributed by atoms with Gasteiger partial charge in [0.15, 0.2) is 0 Å². The average molecular weight is 286 g/mol. The van der Waals surface area contributed by atoms with E-state index in [4.69, 9.17) is 16.4 Å². The summed E-state index contributed by atoms with van der Waals surface area (Å²) in [4.78, 5) is 16.6. The van der Waals surface area contributed by atoms with E-state index < -0.39 is 11.8 Å². The van der Waals surface area contributed by atoms with Gasteiger partial charge in [0.05, 0.1) is 17.9 Å². The number of halogens is 2. The SMILES string of the molecule is CC1=NO[C@H](CNC(=O)Nc2ccc(Cl)cc2F)C1. The topological polar surface area (TPSA) is 62.7 Å². The number of anilines is 1. The number of nitrogens with zero attached hydrogens (tertiary/aromatic N) is 1. The molecule has 1 aromatic carbocycles. The molecule has 1 aliphatic heterocycles. The van der Waals surface area contributed by atoms with Crippen LogP contribution < -0.4 is 10.6 Å². The second kappa shape index (κ2) is 5.88. The minimum absolute atomic E-state index is 0.0710. The zero-order valence-corrected chi connectivity index (χ0v) is 11.0. The third-order valence-electron chi connectivity index (χ3n) is 2.55. The lowest BCUT2D eigenvalue weighted by atomic mass is 10.2. The summed E-state index contributed by atoms with van der Waals surface area (Å²) >= 11 is 5.62. The van der Waals surface area contributed by atoms with Gasteiger partial charge in [-0.15, -0.1) is 0 Å². The lowest BCUT2D eigenvalue weighted by molar-refractivity contribution is 0.0870. The van der Waals surface area contributed by atoms with Gasteiger partial charge in [0.2, 0.25) is 0 Å². The van der Waals surface area contributed by atoms with Gasteiger partial charge >= 0.3 is 6.03 Å². The number of carbonyl (C=O) groups is 1.